The molecule has 0 amide bonds. The van der Waals surface area contributed by atoms with Crippen LogP contribution in [0.3, 0.4) is 0 Å². The molecule has 3 N–H and O–H groups in total. The molecule has 0 aromatic carbocycles. The van der Waals surface area contributed by atoms with E-state index in [1.807, 2.05) is 0 Å². The summed E-state index contributed by atoms with van der Waals surface area (Å²) in [6, 6.07) is 0. The Morgan fingerprint density at radius 3 is 1.92 bits per heavy atom. The van der Waals surface area contributed by atoms with Gasteiger partial charge in [-0.05, 0) is 0 Å². The van der Waals surface area contributed by atoms with Crippen molar-refractivity contribution in [1.29, 1.82) is 0 Å². The Labute approximate surface area is 91.8 Å². The molecule has 1 atom stereocenters. The van der Waals surface area contributed by atoms with Crippen LogP contribution in [-0.4, -0.2) is 67.1 Å². The number of carbonyl (C=O) groups is 3. The molecular weight excluding hydrogens is 208 g/mol. The zero-order valence-electron chi connectivity index (χ0n) is 6.77. The average molecular weight is 216 g/mol. The molecule has 0 bridgehead atoms. The van der Waals surface area contributed by atoms with Crippen molar-refractivity contribution in [3.05, 3.63) is 0 Å². The van der Waals surface area contributed by atoms with Crippen molar-refractivity contribution < 1.29 is 29.7 Å². The Kier molecular flexibility index (Phi) is 6.02. The van der Waals surface area contributed by atoms with Crippen molar-refractivity contribution in [1.82, 2.24) is 0 Å². The van der Waals surface area contributed by atoms with Crippen molar-refractivity contribution in [3.63, 3.8) is 0 Å². The number of rotatable bonds is 6. The summed E-state index contributed by atoms with van der Waals surface area (Å²) >= 11 is -1.83. The van der Waals surface area contributed by atoms with Crippen LogP contribution in [0.5, 0.6) is 0 Å². The Bertz CT molecular complexity index is 225. The molecule has 0 fully saturated rings. The molecule has 0 aromatic rings. The fourth-order valence-corrected chi connectivity index (χ4v) is 2.84. The van der Waals surface area contributed by atoms with E-state index in [0.29, 0.717) is 0 Å². The van der Waals surface area contributed by atoms with Crippen molar-refractivity contribution in [3.8, 4) is 0 Å². The Morgan fingerprint density at radius 1 is 1.08 bits per heavy atom. The molecule has 7 heteroatoms. The van der Waals surface area contributed by atoms with E-state index in [0.717, 1.165) is 0 Å². The summed E-state index contributed by atoms with van der Waals surface area (Å²) in [4.78, 5) is 30.7. The van der Waals surface area contributed by atoms with E-state index in [1.54, 1.807) is 0 Å². The van der Waals surface area contributed by atoms with Crippen molar-refractivity contribution in [2.45, 2.75) is 11.0 Å². The molecule has 0 spiro atoms. The first-order valence-electron chi connectivity index (χ1n) is 3.60. The third-order valence-electron chi connectivity index (χ3n) is 1.48. The predicted octanol–water partition coefficient (Wildman–Crippen LogP) is -0.459. The van der Waals surface area contributed by atoms with Crippen molar-refractivity contribution >= 4 is 51.7 Å². The van der Waals surface area contributed by atoms with Crippen LogP contribution in [0, 0.1) is 0 Å². The normalized spacial score (nSPS) is 11.4. The molecule has 0 radical (unpaired) electrons. The van der Waals surface area contributed by atoms with Crippen molar-refractivity contribution in [2.24, 2.45) is 0 Å². The summed E-state index contributed by atoms with van der Waals surface area (Å²) in [5, 5.41) is 25.1. The minimum absolute atomic E-state index is 0.142. The van der Waals surface area contributed by atoms with Gasteiger partial charge in [-0.3, -0.25) is 0 Å². The number of aliphatic carboxylic acids is 3. The molecule has 6 nitrogen and oxygen atoms in total. The molecule has 0 aromatic heterocycles. The first-order valence-corrected chi connectivity index (χ1v) is 6.43. The maximum atomic E-state index is 10.4. The molecular formula is C6H8CaO6. The van der Waals surface area contributed by atoms with Gasteiger partial charge in [0.2, 0.25) is 0 Å². The maximum absolute atomic E-state index is 10.4. The van der Waals surface area contributed by atoms with Gasteiger partial charge in [-0.2, -0.15) is 0 Å². The average Bonchev–Trinajstić information content (AvgIpc) is 1.96. The Balaban J connectivity index is 4.02. The van der Waals surface area contributed by atoms with E-state index >= 15 is 0 Å². The van der Waals surface area contributed by atoms with E-state index < -0.39 is 60.2 Å². The number of carboxylic acid groups (broad SMARTS) is 3. The van der Waals surface area contributed by atoms with Crippen LogP contribution in [0.4, 0.5) is 0 Å². The Morgan fingerprint density at radius 2 is 1.62 bits per heavy atom. The van der Waals surface area contributed by atoms with Crippen LogP contribution in [0.15, 0.2) is 0 Å². The summed E-state index contributed by atoms with van der Waals surface area (Å²) in [5.41, 5.74) is 0. The third kappa shape index (κ3) is 6.80. The topological polar surface area (TPSA) is 112 Å². The molecule has 1 unspecified atom stereocenters. The quantitative estimate of drug-likeness (QED) is 0.518. The van der Waals surface area contributed by atoms with Gasteiger partial charge in [-0.15, -0.1) is 0 Å². The zero-order valence-corrected chi connectivity index (χ0v) is 8.97. The van der Waals surface area contributed by atoms with Crippen molar-refractivity contribution in [2.75, 3.05) is 0 Å². The SMILES string of the molecule is O=C(O)[CH2][Ca][CH](CC(=O)O)C(=O)O. The molecule has 0 aliphatic rings. The van der Waals surface area contributed by atoms with Gasteiger partial charge < -0.3 is 0 Å². The van der Waals surface area contributed by atoms with Gasteiger partial charge in [0.25, 0.3) is 0 Å². The second-order valence-corrected chi connectivity index (χ2v) is 5.79. The van der Waals surface area contributed by atoms with Gasteiger partial charge >= 0.3 is 92.4 Å². The van der Waals surface area contributed by atoms with E-state index in [4.69, 9.17) is 15.3 Å². The molecule has 70 valence electrons. The summed E-state index contributed by atoms with van der Waals surface area (Å²) in [7, 11) is 0. The molecule has 0 saturated heterocycles. The molecule has 0 rings (SSSR count). The summed E-state index contributed by atoms with van der Waals surface area (Å²) in [6.45, 7) is 0. The van der Waals surface area contributed by atoms with E-state index in [-0.39, 0.29) is 2.52 Å². The van der Waals surface area contributed by atoms with Gasteiger partial charge in [-0.25, -0.2) is 0 Å². The second kappa shape index (κ2) is 6.17. The monoisotopic (exact) mass is 216 g/mol. The van der Waals surface area contributed by atoms with E-state index in [9.17, 15) is 14.4 Å². The molecule has 0 aliphatic carbocycles. The molecule has 13 heavy (non-hydrogen) atoms. The number of hydrogen-bond acceptors (Lipinski definition) is 3. The first kappa shape index (κ1) is 12.7. The van der Waals surface area contributed by atoms with Crippen LogP contribution in [-0.2, 0) is 14.4 Å². The number of carboxylic acids is 3. The fraction of sp³-hybridized carbons (Fsp3) is 0.500. The second-order valence-electron chi connectivity index (χ2n) is 2.57. The standard InChI is InChI=1S/C4H5O4.C2H3O2.Ca/c5-3(6)1-2-4(7)8;1-2(3)4;/h1H,2H2,(H,5,6)(H,7,8);1H2,(H,3,4);. The zero-order chi connectivity index (χ0) is 10.4. The van der Waals surface area contributed by atoms with Crippen LogP contribution in [0.25, 0.3) is 0 Å². The number of hydrogen-bond donors (Lipinski definition) is 3. The Hall–Kier alpha value is -0.330. The van der Waals surface area contributed by atoms with Crippen LogP contribution >= 0.6 is 0 Å². The van der Waals surface area contributed by atoms with E-state index in [2.05, 4.69) is 0 Å². The van der Waals surface area contributed by atoms with Gasteiger partial charge in [-0.1, -0.05) is 0 Å². The van der Waals surface area contributed by atoms with Crippen LogP contribution < -0.4 is 0 Å². The third-order valence-corrected chi connectivity index (χ3v) is 4.68. The summed E-state index contributed by atoms with van der Waals surface area (Å²) in [6.07, 6.45) is -0.456. The molecule has 0 aliphatic heterocycles. The first-order chi connectivity index (χ1) is 5.93. The van der Waals surface area contributed by atoms with Crippen LogP contribution in [0.2, 0.25) is 4.53 Å². The van der Waals surface area contributed by atoms with Crippen LogP contribution in [0.1, 0.15) is 6.42 Å². The van der Waals surface area contributed by atoms with Gasteiger partial charge in [0.1, 0.15) is 0 Å². The molecule has 0 heterocycles. The van der Waals surface area contributed by atoms with E-state index in [1.165, 1.54) is 0 Å². The van der Waals surface area contributed by atoms with Gasteiger partial charge in [0, 0.05) is 0 Å². The minimum atomic E-state index is -1.83. The summed E-state index contributed by atoms with van der Waals surface area (Å²) < 4.78 is -1.07. The predicted molar refractivity (Wildman–Crippen MR) is 41.8 cm³/mol. The van der Waals surface area contributed by atoms with Gasteiger partial charge in [0.15, 0.2) is 0 Å². The van der Waals surface area contributed by atoms with Gasteiger partial charge in [0.05, 0.1) is 0 Å². The summed E-state index contributed by atoms with van der Waals surface area (Å²) in [5.74, 6) is -3.43. The fourth-order valence-electron chi connectivity index (χ4n) is 0.821. The molecule has 0 saturated carbocycles.